The van der Waals surface area contributed by atoms with E-state index in [2.05, 4.69) is 0 Å². The smallest absolute Gasteiger partial charge is 0.414 e. The van der Waals surface area contributed by atoms with Crippen LogP contribution in [0.5, 0.6) is 0 Å². The van der Waals surface area contributed by atoms with Crippen LogP contribution in [0.15, 0.2) is 48.5 Å². The van der Waals surface area contributed by atoms with E-state index in [0.29, 0.717) is 25.4 Å². The Morgan fingerprint density at radius 3 is 2.62 bits per heavy atom. The highest BCUT2D eigenvalue weighted by atomic mass is 16.6. The number of aliphatic hydroxyl groups excluding tert-OH is 1. The van der Waals surface area contributed by atoms with Gasteiger partial charge in [-0.1, -0.05) is 37.3 Å². The molecule has 3 saturated heterocycles. The first kappa shape index (κ1) is 28.6. The molecule has 2 N–H and O–H groups in total. The van der Waals surface area contributed by atoms with Crippen LogP contribution in [0.1, 0.15) is 51.2 Å². The van der Waals surface area contributed by atoms with Crippen LogP contribution in [0.2, 0.25) is 0 Å². The lowest BCUT2D eigenvalue weighted by Gasteiger charge is -2.34. The van der Waals surface area contributed by atoms with E-state index in [4.69, 9.17) is 9.47 Å². The fourth-order valence-corrected chi connectivity index (χ4v) is 7.67. The summed E-state index contributed by atoms with van der Waals surface area (Å²) < 4.78 is 11.9. The van der Waals surface area contributed by atoms with E-state index >= 15 is 0 Å². The van der Waals surface area contributed by atoms with Gasteiger partial charge in [0.25, 0.3) is 5.91 Å². The molecule has 10 nitrogen and oxygen atoms in total. The number of carbonyl (C=O) groups excluding carboxylic acids is 3. The second kappa shape index (κ2) is 10.7. The van der Waals surface area contributed by atoms with Gasteiger partial charge >= 0.3 is 6.09 Å². The number of nitrogens with zero attached hydrogens (tertiary/aromatic N) is 3. The molecule has 2 aromatic rings. The second-order valence-electron chi connectivity index (χ2n) is 12.5. The largest absolute Gasteiger partial charge is 0.447 e. The molecule has 4 aliphatic rings. The molecule has 6 rings (SSSR count). The zero-order valence-electron chi connectivity index (χ0n) is 24.4. The molecule has 0 aromatic heterocycles. The van der Waals surface area contributed by atoms with Crippen LogP contribution < -0.4 is 9.80 Å². The molecule has 3 fully saturated rings. The van der Waals surface area contributed by atoms with Crippen LogP contribution in [0, 0.1) is 11.8 Å². The Morgan fingerprint density at radius 2 is 1.90 bits per heavy atom. The Kier molecular flexibility index (Phi) is 7.27. The molecule has 2 aromatic carbocycles. The van der Waals surface area contributed by atoms with Gasteiger partial charge < -0.3 is 29.5 Å². The normalized spacial score (nSPS) is 29.1. The van der Waals surface area contributed by atoms with Crippen molar-refractivity contribution in [3.63, 3.8) is 0 Å². The van der Waals surface area contributed by atoms with E-state index in [1.807, 2.05) is 55.5 Å². The quantitative estimate of drug-likeness (QED) is 0.519. The first-order chi connectivity index (χ1) is 20.1. The van der Waals surface area contributed by atoms with E-state index < -0.39 is 29.1 Å². The molecule has 0 bridgehead atoms. The number of para-hydroxylation sites is 1. The third-order valence-corrected chi connectivity index (χ3v) is 9.50. The summed E-state index contributed by atoms with van der Waals surface area (Å²) in [6.07, 6.45) is 0.511. The summed E-state index contributed by atoms with van der Waals surface area (Å²) >= 11 is 0. The van der Waals surface area contributed by atoms with Crippen molar-refractivity contribution < 1.29 is 34.1 Å². The van der Waals surface area contributed by atoms with Crippen LogP contribution in [0.4, 0.5) is 16.2 Å². The fraction of sp³-hybridized carbons (Fsp3) is 0.531. The number of hydrogen-bond acceptors (Lipinski definition) is 7. The molecular formula is C32H39N3O7. The zero-order valence-corrected chi connectivity index (χ0v) is 24.4. The van der Waals surface area contributed by atoms with Gasteiger partial charge in [-0.3, -0.25) is 14.5 Å². The third-order valence-electron chi connectivity index (χ3n) is 9.50. The number of carbonyl (C=O) groups is 3. The highest BCUT2D eigenvalue weighted by Crippen LogP contribution is 2.58. The summed E-state index contributed by atoms with van der Waals surface area (Å²) in [5.74, 6) is -1.31. The molecule has 0 radical (unpaired) electrons. The van der Waals surface area contributed by atoms with E-state index in [0.717, 1.165) is 29.7 Å². The predicted octanol–water partition coefficient (Wildman–Crippen LogP) is 3.18. The van der Waals surface area contributed by atoms with Crippen LogP contribution in [0.3, 0.4) is 0 Å². The molecule has 0 aliphatic carbocycles. The van der Waals surface area contributed by atoms with Crippen molar-refractivity contribution in [1.29, 1.82) is 0 Å². The van der Waals surface area contributed by atoms with Crippen molar-refractivity contribution in [2.24, 2.45) is 11.8 Å². The lowest BCUT2D eigenvalue weighted by molar-refractivity contribution is -0.150. The Bertz CT molecular complexity index is 1390. The van der Waals surface area contributed by atoms with Gasteiger partial charge in [-0.15, -0.1) is 0 Å². The standard InChI is InChI=1S/C32H39N3O7/c1-20-28(31(2,3)40)26(17-27(37)33-13-7-10-23(33)19-36)42-32(20)24-11-4-5-12-25(24)35(29(32)38)18-21-8-6-9-22(16-21)34-14-15-41-30(34)39/h4-6,8-9,11-12,16,20,23,26,28,36,40H,7,10,13-15,17-19H2,1-3H3/t20-,23-,26+,28-,32+/m0/s1. The summed E-state index contributed by atoms with van der Waals surface area (Å²) in [5, 5.41) is 21.1. The zero-order chi connectivity index (χ0) is 29.8. The fourth-order valence-electron chi connectivity index (χ4n) is 7.67. The molecule has 4 aliphatic heterocycles. The van der Waals surface area contributed by atoms with Crippen molar-refractivity contribution in [3.05, 3.63) is 59.7 Å². The van der Waals surface area contributed by atoms with Gasteiger partial charge in [0.15, 0.2) is 5.60 Å². The van der Waals surface area contributed by atoms with Crippen LogP contribution in [-0.2, 0) is 31.2 Å². The molecule has 5 atom stereocenters. The van der Waals surface area contributed by atoms with E-state index in [1.54, 1.807) is 28.5 Å². The minimum absolute atomic E-state index is 0.0146. The van der Waals surface area contributed by atoms with E-state index in [9.17, 15) is 24.6 Å². The number of amides is 3. The van der Waals surface area contributed by atoms with E-state index in [1.165, 1.54) is 0 Å². The molecule has 0 saturated carbocycles. The topological polar surface area (TPSA) is 120 Å². The summed E-state index contributed by atoms with van der Waals surface area (Å²) in [5.41, 5.74) is 0.398. The maximum absolute atomic E-state index is 14.6. The highest BCUT2D eigenvalue weighted by Gasteiger charge is 2.66. The predicted molar refractivity (Wildman–Crippen MR) is 155 cm³/mol. The van der Waals surface area contributed by atoms with Crippen molar-refractivity contribution in [2.75, 3.05) is 36.1 Å². The first-order valence-corrected chi connectivity index (χ1v) is 14.8. The molecule has 224 valence electrons. The van der Waals surface area contributed by atoms with Gasteiger partial charge in [-0.2, -0.15) is 0 Å². The van der Waals surface area contributed by atoms with Crippen molar-refractivity contribution in [2.45, 2.75) is 69.9 Å². The average Bonchev–Trinajstić information content (AvgIpc) is 3.72. The summed E-state index contributed by atoms with van der Waals surface area (Å²) in [4.78, 5) is 45.2. The number of cyclic esters (lactones) is 1. The number of ether oxygens (including phenoxy) is 2. The first-order valence-electron chi connectivity index (χ1n) is 14.8. The Morgan fingerprint density at radius 1 is 1.12 bits per heavy atom. The molecular weight excluding hydrogens is 538 g/mol. The van der Waals surface area contributed by atoms with Gasteiger partial charge in [-0.25, -0.2) is 4.79 Å². The van der Waals surface area contributed by atoms with Gasteiger partial charge in [0.1, 0.15) is 6.61 Å². The Hall–Kier alpha value is -3.47. The van der Waals surface area contributed by atoms with Crippen LogP contribution in [-0.4, -0.2) is 77.1 Å². The number of likely N-dealkylation sites (tertiary alicyclic amines) is 1. The van der Waals surface area contributed by atoms with Crippen molar-refractivity contribution >= 4 is 29.3 Å². The summed E-state index contributed by atoms with van der Waals surface area (Å²) in [7, 11) is 0. The van der Waals surface area contributed by atoms with Crippen LogP contribution in [0.25, 0.3) is 0 Å². The van der Waals surface area contributed by atoms with Gasteiger partial charge in [0, 0.05) is 29.6 Å². The maximum atomic E-state index is 14.6. The Labute approximate surface area is 245 Å². The lowest BCUT2D eigenvalue weighted by Crippen LogP contribution is -2.46. The monoisotopic (exact) mass is 577 g/mol. The highest BCUT2D eigenvalue weighted by molar-refractivity contribution is 6.07. The summed E-state index contributed by atoms with van der Waals surface area (Å²) in [6, 6.07) is 14.8. The SMILES string of the molecule is C[C@H]1[C@H](C(C)(C)O)[C@@H](CC(=O)N2CCC[C@H]2CO)O[C@]12C(=O)N(Cc1cccc(N3CCOC3=O)c1)c1ccccc12. The van der Waals surface area contributed by atoms with Gasteiger partial charge in [0.05, 0.1) is 49.6 Å². The molecule has 4 heterocycles. The number of fused-ring (bicyclic) bond motifs is 2. The molecule has 3 amide bonds. The van der Waals surface area contributed by atoms with Crippen molar-refractivity contribution in [1.82, 2.24) is 4.90 Å². The van der Waals surface area contributed by atoms with Crippen molar-refractivity contribution in [3.8, 4) is 0 Å². The van der Waals surface area contributed by atoms with Gasteiger partial charge in [-0.05, 0) is 50.5 Å². The maximum Gasteiger partial charge on any atom is 0.414 e. The van der Waals surface area contributed by atoms with E-state index in [-0.39, 0.29) is 43.5 Å². The average molecular weight is 578 g/mol. The number of benzene rings is 2. The van der Waals surface area contributed by atoms with Crippen LogP contribution >= 0.6 is 0 Å². The van der Waals surface area contributed by atoms with Gasteiger partial charge in [0.2, 0.25) is 5.91 Å². The number of rotatable bonds is 7. The Balaban J connectivity index is 1.33. The molecule has 0 unspecified atom stereocenters. The minimum atomic E-state index is -1.37. The molecule has 42 heavy (non-hydrogen) atoms. The minimum Gasteiger partial charge on any atom is -0.447 e. The lowest BCUT2D eigenvalue weighted by atomic mass is 9.71. The molecule has 1 spiro atoms. The third kappa shape index (κ3) is 4.56. The summed E-state index contributed by atoms with van der Waals surface area (Å²) in [6.45, 7) is 6.89. The number of hydrogen-bond donors (Lipinski definition) is 2. The number of anilines is 2. The second-order valence-corrected chi connectivity index (χ2v) is 12.5. The number of aliphatic hydroxyl groups is 2. The molecule has 10 heteroatoms.